The van der Waals surface area contributed by atoms with Crippen LogP contribution in [-0.4, -0.2) is 31.2 Å². The second-order valence-electron chi connectivity index (χ2n) is 6.42. The minimum Gasteiger partial charge on any atom is -0.353 e. The lowest BCUT2D eigenvalue weighted by molar-refractivity contribution is -0.184. The summed E-state index contributed by atoms with van der Waals surface area (Å²) in [6, 6.07) is -0.332. The molecule has 2 N–H and O–H groups in total. The zero-order valence-electron chi connectivity index (χ0n) is 11.9. The summed E-state index contributed by atoms with van der Waals surface area (Å²) in [4.78, 5) is 12.3. The van der Waals surface area contributed by atoms with E-state index < -0.39 is 17.5 Å². The molecule has 3 atom stereocenters. The number of amides is 1. The van der Waals surface area contributed by atoms with Gasteiger partial charge in [-0.25, -0.2) is 0 Å². The molecule has 3 nitrogen and oxygen atoms in total. The van der Waals surface area contributed by atoms with Gasteiger partial charge in [-0.15, -0.1) is 0 Å². The van der Waals surface area contributed by atoms with Gasteiger partial charge in [-0.05, 0) is 45.6 Å². The molecule has 1 aliphatic carbocycles. The van der Waals surface area contributed by atoms with Gasteiger partial charge in [0, 0.05) is 12.6 Å². The molecule has 116 valence electrons. The fourth-order valence-corrected chi connectivity index (χ4v) is 3.23. The maximum absolute atomic E-state index is 12.8. The molecule has 1 amide bonds. The Labute approximate surface area is 117 Å². The summed E-state index contributed by atoms with van der Waals surface area (Å²) >= 11 is 0. The van der Waals surface area contributed by atoms with Crippen molar-refractivity contribution in [1.29, 1.82) is 0 Å². The van der Waals surface area contributed by atoms with Crippen molar-refractivity contribution < 1.29 is 18.0 Å². The summed E-state index contributed by atoms with van der Waals surface area (Å²) < 4.78 is 38.3. The van der Waals surface area contributed by atoms with Crippen LogP contribution in [0.3, 0.4) is 0 Å². The van der Waals surface area contributed by atoms with E-state index in [1.54, 1.807) is 0 Å². The third-order valence-corrected chi connectivity index (χ3v) is 4.62. The molecular formula is C14H23F3N2O. The van der Waals surface area contributed by atoms with Crippen LogP contribution in [0, 0.1) is 11.3 Å². The fourth-order valence-electron chi connectivity index (χ4n) is 3.23. The predicted molar refractivity (Wildman–Crippen MR) is 70.2 cm³/mol. The number of hydrogen-bond donors (Lipinski definition) is 2. The second kappa shape index (κ2) is 5.92. The van der Waals surface area contributed by atoms with Gasteiger partial charge >= 0.3 is 6.18 Å². The SMILES string of the molecule is CC1(C(=O)NC2CCCC(C(F)(F)F)C2)CCCNC1. The van der Waals surface area contributed by atoms with Gasteiger partial charge in [0.2, 0.25) is 5.91 Å². The molecule has 2 rings (SSSR count). The van der Waals surface area contributed by atoms with Gasteiger partial charge in [-0.3, -0.25) is 4.79 Å². The van der Waals surface area contributed by atoms with Gasteiger partial charge in [0.1, 0.15) is 0 Å². The highest BCUT2D eigenvalue weighted by Crippen LogP contribution is 2.38. The summed E-state index contributed by atoms with van der Waals surface area (Å²) in [7, 11) is 0. The summed E-state index contributed by atoms with van der Waals surface area (Å²) in [5.41, 5.74) is -0.483. The van der Waals surface area contributed by atoms with Crippen molar-refractivity contribution in [2.75, 3.05) is 13.1 Å². The maximum atomic E-state index is 12.8. The van der Waals surface area contributed by atoms with Crippen LogP contribution >= 0.6 is 0 Å². The molecule has 0 aromatic heterocycles. The van der Waals surface area contributed by atoms with Crippen molar-refractivity contribution >= 4 is 5.91 Å². The minimum atomic E-state index is -4.14. The molecule has 1 saturated heterocycles. The predicted octanol–water partition coefficient (Wildman–Crippen LogP) is 2.61. The molecule has 20 heavy (non-hydrogen) atoms. The molecule has 3 unspecified atom stereocenters. The first-order chi connectivity index (χ1) is 9.31. The van der Waals surface area contributed by atoms with Gasteiger partial charge < -0.3 is 10.6 Å². The van der Waals surface area contributed by atoms with Crippen molar-refractivity contribution in [2.45, 2.75) is 57.7 Å². The Kier molecular flexibility index (Phi) is 4.62. The molecule has 6 heteroatoms. The first kappa shape index (κ1) is 15.6. The van der Waals surface area contributed by atoms with Crippen LogP contribution < -0.4 is 10.6 Å². The zero-order valence-corrected chi connectivity index (χ0v) is 11.9. The smallest absolute Gasteiger partial charge is 0.353 e. The van der Waals surface area contributed by atoms with Crippen LogP contribution in [0.2, 0.25) is 0 Å². The number of alkyl halides is 3. The molecule has 0 spiro atoms. The highest BCUT2D eigenvalue weighted by molar-refractivity contribution is 5.82. The Hall–Kier alpha value is -0.780. The number of rotatable bonds is 2. The highest BCUT2D eigenvalue weighted by Gasteiger charge is 2.43. The van der Waals surface area contributed by atoms with E-state index in [0.717, 1.165) is 19.4 Å². The van der Waals surface area contributed by atoms with E-state index >= 15 is 0 Å². The Balaban J connectivity index is 1.90. The Morgan fingerprint density at radius 3 is 2.65 bits per heavy atom. The quantitative estimate of drug-likeness (QED) is 0.821. The van der Waals surface area contributed by atoms with Crippen molar-refractivity contribution in [1.82, 2.24) is 10.6 Å². The largest absolute Gasteiger partial charge is 0.391 e. The van der Waals surface area contributed by atoms with E-state index in [9.17, 15) is 18.0 Å². The summed E-state index contributed by atoms with van der Waals surface area (Å²) in [5, 5.41) is 6.04. The summed E-state index contributed by atoms with van der Waals surface area (Å²) in [5.74, 6) is -1.36. The number of halogens is 3. The van der Waals surface area contributed by atoms with Crippen LogP contribution in [0.15, 0.2) is 0 Å². The molecule has 0 bridgehead atoms. The van der Waals surface area contributed by atoms with Crippen LogP contribution in [-0.2, 0) is 4.79 Å². The van der Waals surface area contributed by atoms with Gasteiger partial charge in [0.05, 0.1) is 11.3 Å². The monoisotopic (exact) mass is 292 g/mol. The van der Waals surface area contributed by atoms with Crippen LogP contribution in [0.25, 0.3) is 0 Å². The first-order valence-corrected chi connectivity index (χ1v) is 7.40. The molecular weight excluding hydrogens is 269 g/mol. The zero-order chi connectivity index (χ0) is 14.8. The summed E-state index contributed by atoms with van der Waals surface area (Å²) in [6.45, 7) is 3.40. The average Bonchev–Trinajstić information content (AvgIpc) is 2.39. The third-order valence-electron chi connectivity index (χ3n) is 4.62. The van der Waals surface area contributed by atoms with E-state index in [1.165, 1.54) is 0 Å². The molecule has 1 heterocycles. The molecule has 0 aromatic rings. The van der Waals surface area contributed by atoms with E-state index in [0.29, 0.717) is 19.4 Å². The van der Waals surface area contributed by atoms with Crippen molar-refractivity contribution in [3.05, 3.63) is 0 Å². The average molecular weight is 292 g/mol. The van der Waals surface area contributed by atoms with Crippen molar-refractivity contribution in [3.63, 3.8) is 0 Å². The highest BCUT2D eigenvalue weighted by atomic mass is 19.4. The van der Waals surface area contributed by atoms with E-state index in [-0.39, 0.29) is 24.8 Å². The lowest BCUT2D eigenvalue weighted by Crippen LogP contribution is -2.52. The number of nitrogens with one attached hydrogen (secondary N) is 2. The Morgan fingerprint density at radius 1 is 1.30 bits per heavy atom. The third kappa shape index (κ3) is 3.65. The normalized spacial score (nSPS) is 35.6. The number of carbonyl (C=O) groups is 1. The maximum Gasteiger partial charge on any atom is 0.391 e. The minimum absolute atomic E-state index is 0.0265. The van der Waals surface area contributed by atoms with Gasteiger partial charge in [0.15, 0.2) is 0 Å². The van der Waals surface area contributed by atoms with Gasteiger partial charge in [0.25, 0.3) is 0 Å². The molecule has 0 radical (unpaired) electrons. The Bertz CT molecular complexity index is 351. The van der Waals surface area contributed by atoms with E-state index in [4.69, 9.17) is 0 Å². The molecule has 1 aliphatic heterocycles. The van der Waals surface area contributed by atoms with Crippen LogP contribution in [0.5, 0.6) is 0 Å². The van der Waals surface area contributed by atoms with E-state index in [2.05, 4.69) is 10.6 Å². The standard InChI is InChI=1S/C14H23F3N2O/c1-13(6-3-7-18-9-13)12(20)19-11-5-2-4-10(8-11)14(15,16)17/h10-11,18H,2-9H2,1H3,(H,19,20). The van der Waals surface area contributed by atoms with Crippen molar-refractivity contribution in [3.8, 4) is 0 Å². The van der Waals surface area contributed by atoms with Crippen LogP contribution in [0.4, 0.5) is 13.2 Å². The van der Waals surface area contributed by atoms with E-state index in [1.807, 2.05) is 6.92 Å². The van der Waals surface area contributed by atoms with Crippen LogP contribution in [0.1, 0.15) is 45.4 Å². The van der Waals surface area contributed by atoms with Gasteiger partial charge in [-0.1, -0.05) is 6.42 Å². The Morgan fingerprint density at radius 2 is 2.05 bits per heavy atom. The van der Waals surface area contributed by atoms with Gasteiger partial charge in [-0.2, -0.15) is 13.2 Å². The number of carbonyl (C=O) groups excluding carboxylic acids is 1. The van der Waals surface area contributed by atoms with Crippen molar-refractivity contribution in [2.24, 2.45) is 11.3 Å². The molecule has 2 aliphatic rings. The summed E-state index contributed by atoms with van der Waals surface area (Å²) in [6.07, 6.45) is -1.01. The second-order valence-corrected chi connectivity index (χ2v) is 6.42. The lowest BCUT2D eigenvalue weighted by Gasteiger charge is -2.36. The molecule has 1 saturated carbocycles. The fraction of sp³-hybridized carbons (Fsp3) is 0.929. The lowest BCUT2D eigenvalue weighted by atomic mass is 9.80. The first-order valence-electron chi connectivity index (χ1n) is 7.40. The number of piperidine rings is 1. The topological polar surface area (TPSA) is 41.1 Å². The molecule has 2 fully saturated rings. The number of hydrogen-bond acceptors (Lipinski definition) is 2. The molecule has 0 aromatic carbocycles.